The number of imidazole rings is 1. The maximum atomic E-state index is 6.40. The molecule has 0 aliphatic carbocycles. The van der Waals surface area contributed by atoms with Crippen molar-refractivity contribution >= 4 is 105 Å². The Hall–Kier alpha value is -6.72. The lowest BCUT2D eigenvalue weighted by atomic mass is 10.1. The number of hydrogen-bond donors (Lipinski definition) is 0. The average molecular weight is 628 g/mol. The third kappa shape index (κ3) is 3.24. The minimum absolute atomic E-state index is 0.857. The molecule has 5 nitrogen and oxygen atoms in total. The molecule has 0 amide bonds. The van der Waals surface area contributed by atoms with Crippen molar-refractivity contribution < 1.29 is 8.83 Å². The Morgan fingerprint density at radius 3 is 1.39 bits per heavy atom. The highest BCUT2D eigenvalue weighted by molar-refractivity contribution is 6.24. The molecule has 12 rings (SSSR count). The molecule has 12 aromatic rings. The molecule has 0 fully saturated rings. The molecule has 0 spiro atoms. The normalized spacial score (nSPS) is 12.5. The predicted octanol–water partition coefficient (Wildman–Crippen LogP) is 12.4. The molecule has 5 heteroatoms. The van der Waals surface area contributed by atoms with Crippen LogP contribution in [0.1, 0.15) is 0 Å². The lowest BCUT2D eigenvalue weighted by Gasteiger charge is -2.25. The predicted molar refractivity (Wildman–Crippen MR) is 201 cm³/mol. The number of benzene rings is 7. The van der Waals surface area contributed by atoms with Crippen LogP contribution in [0.25, 0.3) is 87.7 Å². The molecule has 0 saturated heterocycles. The summed E-state index contributed by atoms with van der Waals surface area (Å²) in [5.74, 6) is 0. The summed E-state index contributed by atoms with van der Waals surface area (Å²) in [5, 5.41) is 8.30. The van der Waals surface area contributed by atoms with Gasteiger partial charge in [0.2, 0.25) is 0 Å². The first-order valence-electron chi connectivity index (χ1n) is 16.6. The summed E-state index contributed by atoms with van der Waals surface area (Å²) in [7, 11) is 0. The molecule has 0 bridgehead atoms. The molecule has 0 radical (unpaired) electrons. The largest absolute Gasteiger partial charge is 0.456 e. The van der Waals surface area contributed by atoms with Crippen molar-refractivity contribution in [1.82, 2.24) is 8.80 Å². The van der Waals surface area contributed by atoms with Gasteiger partial charge in [-0.25, -0.2) is 0 Å². The van der Waals surface area contributed by atoms with Gasteiger partial charge in [-0.2, -0.15) is 0 Å². The van der Waals surface area contributed by atoms with E-state index >= 15 is 0 Å². The van der Waals surface area contributed by atoms with Crippen LogP contribution in [0.2, 0.25) is 0 Å². The van der Waals surface area contributed by atoms with Crippen molar-refractivity contribution in [2.24, 2.45) is 0 Å². The molecule has 49 heavy (non-hydrogen) atoms. The fourth-order valence-corrected chi connectivity index (χ4v) is 8.36. The first-order valence-corrected chi connectivity index (χ1v) is 16.6. The van der Waals surface area contributed by atoms with Crippen LogP contribution in [0.15, 0.2) is 160 Å². The van der Waals surface area contributed by atoms with Crippen molar-refractivity contribution in [3.05, 3.63) is 152 Å². The van der Waals surface area contributed by atoms with E-state index in [-0.39, 0.29) is 0 Å². The van der Waals surface area contributed by atoms with Crippen LogP contribution >= 0.6 is 0 Å². The molecule has 0 aliphatic rings. The summed E-state index contributed by atoms with van der Waals surface area (Å²) in [6.07, 6.45) is 0. The Kier molecular flexibility index (Phi) is 4.66. The standard InChI is InChI=1S/C44H25N3O2/c1-5-13-35-33(11-1)43-34-12-2-6-14-36(34)47-38-23-26(19-22-37(38)46(35)44(43)47)45(27-17-20-31-29-9-3-7-15-39(29)48-41(31)24-27)28-18-21-32-30-10-4-8-16-40(30)49-42(32)25-28/h1-25H. The average Bonchev–Trinajstić information content (AvgIpc) is 3.94. The van der Waals surface area contributed by atoms with Crippen LogP contribution in [0, 0.1) is 0 Å². The SMILES string of the molecule is c1ccc2c(c1)oc1cc(N(c3ccc4c(c3)oc3ccccc34)c3ccc4c(c3)n3c5ccccc5c5c6ccccc6n4c53)ccc12. The molecular formula is C44H25N3O2. The zero-order chi connectivity index (χ0) is 31.8. The summed E-state index contributed by atoms with van der Waals surface area (Å²) in [5.41, 5.74) is 12.5. The summed E-state index contributed by atoms with van der Waals surface area (Å²) < 4.78 is 17.7. The van der Waals surface area contributed by atoms with Gasteiger partial charge in [0.15, 0.2) is 0 Å². The first kappa shape index (κ1) is 25.4. The summed E-state index contributed by atoms with van der Waals surface area (Å²) >= 11 is 0. The van der Waals surface area contributed by atoms with Crippen molar-refractivity contribution in [2.45, 2.75) is 0 Å². The maximum Gasteiger partial charge on any atom is 0.137 e. The Labute approximate surface area is 278 Å². The monoisotopic (exact) mass is 627 g/mol. The van der Waals surface area contributed by atoms with E-state index in [1.165, 1.54) is 38.4 Å². The van der Waals surface area contributed by atoms with E-state index in [0.717, 1.165) is 66.5 Å². The van der Waals surface area contributed by atoms with Crippen LogP contribution in [-0.4, -0.2) is 8.80 Å². The number of para-hydroxylation sites is 4. The van der Waals surface area contributed by atoms with Gasteiger partial charge in [-0.15, -0.1) is 0 Å². The van der Waals surface area contributed by atoms with Crippen LogP contribution in [0.3, 0.4) is 0 Å². The second-order valence-electron chi connectivity index (χ2n) is 13.0. The molecule has 5 heterocycles. The molecule has 228 valence electrons. The van der Waals surface area contributed by atoms with Gasteiger partial charge in [0.25, 0.3) is 0 Å². The Bertz CT molecular complexity index is 3180. The van der Waals surface area contributed by atoms with E-state index in [1.54, 1.807) is 0 Å². The molecular weight excluding hydrogens is 603 g/mol. The summed E-state index contributed by atoms with van der Waals surface area (Å²) in [6.45, 7) is 0. The van der Waals surface area contributed by atoms with Crippen LogP contribution in [0.5, 0.6) is 0 Å². The van der Waals surface area contributed by atoms with E-state index in [0.29, 0.717) is 0 Å². The summed E-state index contributed by atoms with van der Waals surface area (Å²) in [6, 6.07) is 53.9. The van der Waals surface area contributed by atoms with Crippen LogP contribution in [0.4, 0.5) is 17.1 Å². The highest BCUT2D eigenvalue weighted by Gasteiger charge is 2.24. The van der Waals surface area contributed by atoms with Gasteiger partial charge in [0, 0.05) is 66.9 Å². The number of anilines is 3. The fourth-order valence-electron chi connectivity index (χ4n) is 8.36. The Morgan fingerprint density at radius 1 is 0.347 bits per heavy atom. The van der Waals surface area contributed by atoms with Crippen LogP contribution in [-0.2, 0) is 0 Å². The number of fused-ring (bicyclic) bond motifs is 15. The van der Waals surface area contributed by atoms with Gasteiger partial charge in [-0.3, -0.25) is 8.80 Å². The quantitative estimate of drug-likeness (QED) is 0.196. The summed E-state index contributed by atoms with van der Waals surface area (Å²) in [4.78, 5) is 2.31. The maximum absolute atomic E-state index is 6.40. The van der Waals surface area contributed by atoms with Gasteiger partial charge in [0.1, 0.15) is 28.0 Å². The molecule has 0 atom stereocenters. The fraction of sp³-hybridized carbons (Fsp3) is 0. The number of nitrogens with zero attached hydrogens (tertiary/aromatic N) is 3. The lowest BCUT2D eigenvalue weighted by molar-refractivity contribution is 0.669. The van der Waals surface area contributed by atoms with Crippen molar-refractivity contribution in [3.8, 4) is 0 Å². The zero-order valence-corrected chi connectivity index (χ0v) is 26.1. The Morgan fingerprint density at radius 2 is 0.796 bits per heavy atom. The van der Waals surface area contributed by atoms with Gasteiger partial charge < -0.3 is 13.7 Å². The number of furan rings is 2. The van der Waals surface area contributed by atoms with E-state index < -0.39 is 0 Å². The van der Waals surface area contributed by atoms with E-state index in [9.17, 15) is 0 Å². The third-order valence-corrected chi connectivity index (χ3v) is 10.4. The number of rotatable bonds is 3. The van der Waals surface area contributed by atoms with Crippen molar-refractivity contribution in [1.29, 1.82) is 0 Å². The van der Waals surface area contributed by atoms with Crippen LogP contribution < -0.4 is 4.90 Å². The Balaban J connectivity index is 1.16. The molecule has 0 N–H and O–H groups in total. The van der Waals surface area contributed by atoms with E-state index in [2.05, 4.69) is 141 Å². The smallest absolute Gasteiger partial charge is 0.137 e. The highest BCUT2D eigenvalue weighted by atomic mass is 16.3. The van der Waals surface area contributed by atoms with Gasteiger partial charge in [0.05, 0.1) is 22.1 Å². The molecule has 0 aliphatic heterocycles. The van der Waals surface area contributed by atoms with Gasteiger partial charge >= 0.3 is 0 Å². The van der Waals surface area contributed by atoms with Crippen molar-refractivity contribution in [3.63, 3.8) is 0 Å². The second-order valence-corrected chi connectivity index (χ2v) is 13.0. The van der Waals surface area contributed by atoms with E-state index in [4.69, 9.17) is 8.83 Å². The number of aromatic nitrogens is 2. The molecule has 0 unspecified atom stereocenters. The lowest BCUT2D eigenvalue weighted by Crippen LogP contribution is -2.10. The highest BCUT2D eigenvalue weighted by Crippen LogP contribution is 2.45. The number of hydrogen-bond acceptors (Lipinski definition) is 3. The molecule has 5 aromatic heterocycles. The molecule has 7 aromatic carbocycles. The van der Waals surface area contributed by atoms with E-state index in [1.807, 2.05) is 24.3 Å². The zero-order valence-electron chi connectivity index (χ0n) is 26.1. The first-order chi connectivity index (χ1) is 24.3. The van der Waals surface area contributed by atoms with Gasteiger partial charge in [-0.1, -0.05) is 72.8 Å². The minimum Gasteiger partial charge on any atom is -0.456 e. The third-order valence-electron chi connectivity index (χ3n) is 10.4. The van der Waals surface area contributed by atoms with Crippen molar-refractivity contribution in [2.75, 3.05) is 4.90 Å². The minimum atomic E-state index is 0.857. The second kappa shape index (κ2) is 9.00. The molecule has 0 saturated carbocycles. The van der Waals surface area contributed by atoms with Gasteiger partial charge in [-0.05, 0) is 66.7 Å². The topological polar surface area (TPSA) is 38.3 Å².